The van der Waals surface area contributed by atoms with Gasteiger partial charge in [0.2, 0.25) is 0 Å². The molecule has 76 valence electrons. The molecule has 0 radical (unpaired) electrons. The van der Waals surface area contributed by atoms with Gasteiger partial charge in [-0.05, 0) is 34.1 Å². The zero-order chi connectivity index (χ0) is 10.1. The van der Waals surface area contributed by atoms with E-state index in [1.807, 2.05) is 0 Å². The minimum absolute atomic E-state index is 0.249. The summed E-state index contributed by atoms with van der Waals surface area (Å²) in [5.41, 5.74) is 0.249. The van der Waals surface area contributed by atoms with Crippen LogP contribution in [0.4, 0.5) is 0 Å². The summed E-state index contributed by atoms with van der Waals surface area (Å²) in [6, 6.07) is 0.656. The highest BCUT2D eigenvalue weighted by Gasteiger charge is 2.24. The van der Waals surface area contributed by atoms with Crippen LogP contribution in [0.15, 0.2) is 12.4 Å². The molecule has 0 aliphatic carbocycles. The minimum atomic E-state index is 0.249. The summed E-state index contributed by atoms with van der Waals surface area (Å²) in [5, 5.41) is 0. The van der Waals surface area contributed by atoms with Crippen LogP contribution in [0.25, 0.3) is 0 Å². The van der Waals surface area contributed by atoms with Crippen LogP contribution in [0.5, 0.6) is 0 Å². The van der Waals surface area contributed by atoms with E-state index in [9.17, 15) is 0 Å². The zero-order valence-electron chi connectivity index (χ0n) is 9.54. The van der Waals surface area contributed by atoms with E-state index in [2.05, 4.69) is 56.8 Å². The molecule has 2 heteroatoms. The summed E-state index contributed by atoms with van der Waals surface area (Å²) < 4.78 is 0. The second kappa shape index (κ2) is 3.60. The maximum absolute atomic E-state index is 2.39. The standard InChI is InChI=1S/C11H22N2/c1-6-10(2)12-7-8-13(9-12)11(3,4)5/h7-8,10H,6,9H2,1-5H3. The van der Waals surface area contributed by atoms with Crippen molar-refractivity contribution in [2.24, 2.45) is 0 Å². The summed E-state index contributed by atoms with van der Waals surface area (Å²) in [4.78, 5) is 4.77. The first-order valence-electron chi connectivity index (χ1n) is 5.16. The highest BCUT2D eigenvalue weighted by molar-refractivity contribution is 4.97. The summed E-state index contributed by atoms with van der Waals surface area (Å²) in [6.45, 7) is 12.3. The monoisotopic (exact) mass is 182 g/mol. The Morgan fingerprint density at radius 1 is 1.31 bits per heavy atom. The molecule has 0 spiro atoms. The van der Waals surface area contributed by atoms with Gasteiger partial charge in [0.05, 0.1) is 6.67 Å². The van der Waals surface area contributed by atoms with Crippen molar-refractivity contribution in [1.29, 1.82) is 0 Å². The average molecular weight is 182 g/mol. The van der Waals surface area contributed by atoms with Crippen molar-refractivity contribution in [2.75, 3.05) is 6.67 Å². The Morgan fingerprint density at radius 2 is 1.92 bits per heavy atom. The molecule has 2 nitrogen and oxygen atoms in total. The summed E-state index contributed by atoms with van der Waals surface area (Å²) in [7, 11) is 0. The Morgan fingerprint density at radius 3 is 2.31 bits per heavy atom. The van der Waals surface area contributed by atoms with E-state index in [0.29, 0.717) is 6.04 Å². The van der Waals surface area contributed by atoms with Gasteiger partial charge in [-0.15, -0.1) is 0 Å². The van der Waals surface area contributed by atoms with Gasteiger partial charge in [-0.1, -0.05) is 6.92 Å². The van der Waals surface area contributed by atoms with Crippen LogP contribution in [0.1, 0.15) is 41.0 Å². The maximum atomic E-state index is 2.39. The molecule has 1 heterocycles. The second-order valence-electron chi connectivity index (χ2n) is 4.85. The number of nitrogens with zero attached hydrogens (tertiary/aromatic N) is 2. The first-order valence-corrected chi connectivity index (χ1v) is 5.16. The fourth-order valence-corrected chi connectivity index (χ4v) is 1.39. The molecule has 0 aromatic carbocycles. The molecular formula is C11H22N2. The van der Waals surface area contributed by atoms with Crippen LogP contribution in [0.2, 0.25) is 0 Å². The van der Waals surface area contributed by atoms with Crippen LogP contribution in [0, 0.1) is 0 Å². The van der Waals surface area contributed by atoms with Gasteiger partial charge in [0.1, 0.15) is 0 Å². The fraction of sp³-hybridized carbons (Fsp3) is 0.818. The average Bonchev–Trinajstić information content (AvgIpc) is 2.50. The Kier molecular flexibility index (Phi) is 2.89. The molecule has 1 unspecified atom stereocenters. The van der Waals surface area contributed by atoms with Crippen molar-refractivity contribution in [2.45, 2.75) is 52.6 Å². The number of rotatable bonds is 2. The fourth-order valence-electron chi connectivity index (χ4n) is 1.39. The molecule has 0 saturated heterocycles. The van der Waals surface area contributed by atoms with E-state index in [4.69, 9.17) is 0 Å². The lowest BCUT2D eigenvalue weighted by Crippen LogP contribution is -2.41. The van der Waals surface area contributed by atoms with Crippen molar-refractivity contribution in [1.82, 2.24) is 9.80 Å². The summed E-state index contributed by atoms with van der Waals surface area (Å²) in [5.74, 6) is 0. The Labute approximate surface area is 82.2 Å². The van der Waals surface area contributed by atoms with Crippen LogP contribution in [-0.4, -0.2) is 28.0 Å². The smallest absolute Gasteiger partial charge is 0.0901 e. The number of hydrogen-bond donors (Lipinski definition) is 0. The van der Waals surface area contributed by atoms with E-state index in [-0.39, 0.29) is 5.54 Å². The van der Waals surface area contributed by atoms with Crippen LogP contribution < -0.4 is 0 Å². The molecule has 0 fully saturated rings. The van der Waals surface area contributed by atoms with Gasteiger partial charge >= 0.3 is 0 Å². The molecule has 0 saturated carbocycles. The normalized spacial score (nSPS) is 19.8. The van der Waals surface area contributed by atoms with Gasteiger partial charge in [-0.25, -0.2) is 0 Å². The van der Waals surface area contributed by atoms with Crippen molar-refractivity contribution in [3.63, 3.8) is 0 Å². The van der Waals surface area contributed by atoms with E-state index < -0.39 is 0 Å². The van der Waals surface area contributed by atoms with Gasteiger partial charge < -0.3 is 9.80 Å². The van der Waals surface area contributed by atoms with Crippen molar-refractivity contribution >= 4 is 0 Å². The van der Waals surface area contributed by atoms with Gasteiger partial charge in [-0.3, -0.25) is 0 Å². The van der Waals surface area contributed by atoms with Crippen LogP contribution >= 0.6 is 0 Å². The number of hydrogen-bond acceptors (Lipinski definition) is 2. The van der Waals surface area contributed by atoms with E-state index in [0.717, 1.165) is 6.67 Å². The van der Waals surface area contributed by atoms with Crippen molar-refractivity contribution in [3.8, 4) is 0 Å². The summed E-state index contributed by atoms with van der Waals surface area (Å²) in [6.07, 6.45) is 5.62. The largest absolute Gasteiger partial charge is 0.356 e. The van der Waals surface area contributed by atoms with Crippen molar-refractivity contribution < 1.29 is 0 Å². The molecule has 0 amide bonds. The van der Waals surface area contributed by atoms with Gasteiger partial charge in [0.25, 0.3) is 0 Å². The molecule has 13 heavy (non-hydrogen) atoms. The topological polar surface area (TPSA) is 6.48 Å². The minimum Gasteiger partial charge on any atom is -0.356 e. The second-order valence-corrected chi connectivity index (χ2v) is 4.85. The lowest BCUT2D eigenvalue weighted by Gasteiger charge is -2.34. The zero-order valence-corrected chi connectivity index (χ0v) is 9.54. The predicted molar refractivity (Wildman–Crippen MR) is 57.2 cm³/mol. The third kappa shape index (κ3) is 2.39. The van der Waals surface area contributed by atoms with Gasteiger partial charge in [0, 0.05) is 24.0 Å². The lowest BCUT2D eigenvalue weighted by molar-refractivity contribution is 0.141. The first kappa shape index (κ1) is 10.4. The molecule has 1 aliphatic heterocycles. The molecule has 0 bridgehead atoms. The van der Waals surface area contributed by atoms with E-state index >= 15 is 0 Å². The maximum Gasteiger partial charge on any atom is 0.0901 e. The Bertz CT molecular complexity index is 191. The van der Waals surface area contributed by atoms with E-state index in [1.165, 1.54) is 6.42 Å². The third-order valence-corrected chi connectivity index (χ3v) is 2.77. The molecule has 0 N–H and O–H groups in total. The molecule has 1 atom stereocenters. The summed E-state index contributed by atoms with van der Waals surface area (Å²) >= 11 is 0. The molecule has 1 aliphatic rings. The van der Waals surface area contributed by atoms with Gasteiger partial charge in [-0.2, -0.15) is 0 Å². The van der Waals surface area contributed by atoms with E-state index in [1.54, 1.807) is 0 Å². The highest BCUT2D eigenvalue weighted by Crippen LogP contribution is 2.21. The first-order chi connectivity index (χ1) is 5.95. The van der Waals surface area contributed by atoms with Crippen molar-refractivity contribution in [3.05, 3.63) is 12.4 Å². The highest BCUT2D eigenvalue weighted by atomic mass is 15.4. The van der Waals surface area contributed by atoms with Crippen LogP contribution in [-0.2, 0) is 0 Å². The Balaban J connectivity index is 2.52. The molecule has 0 aromatic rings. The lowest BCUT2D eigenvalue weighted by atomic mass is 10.1. The molecule has 1 rings (SSSR count). The van der Waals surface area contributed by atoms with Gasteiger partial charge in [0.15, 0.2) is 0 Å². The molecule has 0 aromatic heterocycles. The van der Waals surface area contributed by atoms with Crippen LogP contribution in [0.3, 0.4) is 0 Å². The molecular weight excluding hydrogens is 160 g/mol. The SMILES string of the molecule is CCC(C)N1C=CN(C(C)(C)C)C1. The predicted octanol–water partition coefficient (Wildman–Crippen LogP) is 2.63. The Hall–Kier alpha value is -0.660. The third-order valence-electron chi connectivity index (χ3n) is 2.77. The quantitative estimate of drug-likeness (QED) is 0.647.